The number of hydrogen-bond donors (Lipinski definition) is 1. The van der Waals surface area contributed by atoms with E-state index in [0.29, 0.717) is 17.9 Å². The lowest BCUT2D eigenvalue weighted by Gasteiger charge is -2.06. The zero-order valence-electron chi connectivity index (χ0n) is 8.99. The lowest BCUT2D eigenvalue weighted by Crippen LogP contribution is -2.06. The second kappa shape index (κ2) is 4.14. The number of ketones is 1. The van der Waals surface area contributed by atoms with Crippen molar-refractivity contribution in [2.45, 2.75) is 45.8 Å². The van der Waals surface area contributed by atoms with E-state index in [4.69, 9.17) is 5.11 Å². The molecule has 82 valence electrons. The third-order valence-electron chi connectivity index (χ3n) is 2.94. The highest BCUT2D eigenvalue weighted by molar-refractivity contribution is 5.95. The molecule has 0 amide bonds. The first-order valence-corrected chi connectivity index (χ1v) is 5.50. The summed E-state index contributed by atoms with van der Waals surface area (Å²) in [6, 6.07) is 0. The maximum atomic E-state index is 11.7. The minimum atomic E-state index is -0.0892. The SMILES string of the molecule is CCn1c(CO)nc2c1CCCCC2=O. The van der Waals surface area contributed by atoms with Crippen LogP contribution < -0.4 is 0 Å². The van der Waals surface area contributed by atoms with E-state index >= 15 is 0 Å². The third kappa shape index (κ3) is 1.69. The van der Waals surface area contributed by atoms with Gasteiger partial charge in [0.25, 0.3) is 0 Å². The smallest absolute Gasteiger partial charge is 0.183 e. The highest BCUT2D eigenvalue weighted by Gasteiger charge is 2.22. The summed E-state index contributed by atoms with van der Waals surface area (Å²) >= 11 is 0. The Kier molecular flexibility index (Phi) is 2.86. The molecule has 0 unspecified atom stereocenters. The molecule has 1 aromatic heterocycles. The summed E-state index contributed by atoms with van der Waals surface area (Å²) in [7, 11) is 0. The predicted molar refractivity (Wildman–Crippen MR) is 55.7 cm³/mol. The Morgan fingerprint density at radius 2 is 2.13 bits per heavy atom. The molecule has 1 heterocycles. The fourth-order valence-corrected chi connectivity index (χ4v) is 2.20. The van der Waals surface area contributed by atoms with Gasteiger partial charge in [-0.2, -0.15) is 0 Å². The second-order valence-corrected chi connectivity index (χ2v) is 3.86. The largest absolute Gasteiger partial charge is 0.388 e. The van der Waals surface area contributed by atoms with Crippen LogP contribution >= 0.6 is 0 Å². The van der Waals surface area contributed by atoms with Crippen molar-refractivity contribution in [3.05, 3.63) is 17.2 Å². The quantitative estimate of drug-likeness (QED) is 0.745. The molecular formula is C11H16N2O2. The van der Waals surface area contributed by atoms with Crippen LogP contribution in [0.1, 0.15) is 48.2 Å². The van der Waals surface area contributed by atoms with Crippen LogP contribution in [0.25, 0.3) is 0 Å². The molecule has 0 saturated carbocycles. The van der Waals surface area contributed by atoms with E-state index in [1.54, 1.807) is 0 Å². The van der Waals surface area contributed by atoms with Gasteiger partial charge in [0.2, 0.25) is 0 Å². The molecule has 2 rings (SSSR count). The van der Waals surface area contributed by atoms with Crippen LogP contribution in [0.5, 0.6) is 0 Å². The van der Waals surface area contributed by atoms with Gasteiger partial charge in [-0.05, 0) is 26.2 Å². The van der Waals surface area contributed by atoms with Gasteiger partial charge in [0, 0.05) is 18.7 Å². The maximum absolute atomic E-state index is 11.7. The molecule has 0 spiro atoms. The molecule has 0 fully saturated rings. The van der Waals surface area contributed by atoms with Crippen molar-refractivity contribution >= 4 is 5.78 Å². The zero-order valence-corrected chi connectivity index (χ0v) is 8.99. The Morgan fingerprint density at radius 3 is 2.80 bits per heavy atom. The molecule has 0 saturated heterocycles. The van der Waals surface area contributed by atoms with Crippen LogP contribution in [-0.4, -0.2) is 20.4 Å². The van der Waals surface area contributed by atoms with Gasteiger partial charge in [0.1, 0.15) is 18.1 Å². The maximum Gasteiger partial charge on any atom is 0.183 e. The van der Waals surface area contributed by atoms with Crippen LogP contribution in [0.3, 0.4) is 0 Å². The fraction of sp³-hybridized carbons (Fsp3) is 0.636. The van der Waals surface area contributed by atoms with E-state index in [-0.39, 0.29) is 12.4 Å². The Bertz CT molecular complexity index is 382. The van der Waals surface area contributed by atoms with Gasteiger partial charge < -0.3 is 9.67 Å². The number of aromatic nitrogens is 2. The second-order valence-electron chi connectivity index (χ2n) is 3.86. The Labute approximate surface area is 88.9 Å². The average Bonchev–Trinajstić information content (AvgIpc) is 2.52. The van der Waals surface area contributed by atoms with Crippen molar-refractivity contribution in [1.29, 1.82) is 0 Å². The van der Waals surface area contributed by atoms with E-state index in [1.165, 1.54) is 0 Å². The number of nitrogens with zero attached hydrogens (tertiary/aromatic N) is 2. The number of aliphatic hydroxyl groups excluding tert-OH is 1. The summed E-state index contributed by atoms with van der Waals surface area (Å²) in [4.78, 5) is 16.0. The third-order valence-corrected chi connectivity index (χ3v) is 2.94. The summed E-state index contributed by atoms with van der Waals surface area (Å²) in [6.07, 6.45) is 3.49. The first-order chi connectivity index (χ1) is 7.27. The summed E-state index contributed by atoms with van der Waals surface area (Å²) < 4.78 is 1.97. The molecule has 0 aromatic carbocycles. The Balaban J connectivity index is 2.51. The van der Waals surface area contributed by atoms with Crippen molar-refractivity contribution in [2.24, 2.45) is 0 Å². The summed E-state index contributed by atoms with van der Waals surface area (Å²) in [5.74, 6) is 0.752. The summed E-state index contributed by atoms with van der Waals surface area (Å²) in [6.45, 7) is 2.69. The van der Waals surface area contributed by atoms with E-state index in [2.05, 4.69) is 4.98 Å². The zero-order chi connectivity index (χ0) is 10.8. The van der Waals surface area contributed by atoms with Crippen molar-refractivity contribution in [3.8, 4) is 0 Å². The van der Waals surface area contributed by atoms with Gasteiger partial charge in [0.05, 0.1) is 0 Å². The summed E-state index contributed by atoms with van der Waals surface area (Å²) in [5.41, 5.74) is 1.61. The fourth-order valence-electron chi connectivity index (χ4n) is 2.20. The van der Waals surface area contributed by atoms with Crippen LogP contribution in [0.4, 0.5) is 0 Å². The molecule has 1 aliphatic rings. The van der Waals surface area contributed by atoms with E-state index in [1.807, 2.05) is 11.5 Å². The molecule has 0 bridgehead atoms. The number of carbonyl (C=O) groups is 1. The Hall–Kier alpha value is -1.16. The Morgan fingerprint density at radius 1 is 1.40 bits per heavy atom. The van der Waals surface area contributed by atoms with Crippen LogP contribution in [-0.2, 0) is 19.6 Å². The number of Topliss-reactive ketones (excluding diaryl/α,β-unsaturated/α-hetero) is 1. The van der Waals surface area contributed by atoms with Crippen molar-refractivity contribution in [3.63, 3.8) is 0 Å². The topological polar surface area (TPSA) is 55.1 Å². The molecule has 4 nitrogen and oxygen atoms in total. The highest BCUT2D eigenvalue weighted by Crippen LogP contribution is 2.21. The standard InChI is InChI=1S/C11H16N2O2/c1-2-13-8-5-3-4-6-9(15)11(8)12-10(13)7-14/h14H,2-7H2,1H3. The number of hydrogen-bond acceptors (Lipinski definition) is 3. The number of fused-ring (bicyclic) bond motifs is 1. The van der Waals surface area contributed by atoms with Gasteiger partial charge >= 0.3 is 0 Å². The summed E-state index contributed by atoms with van der Waals surface area (Å²) in [5, 5.41) is 9.16. The predicted octanol–water partition coefficient (Wildman–Crippen LogP) is 1.30. The minimum Gasteiger partial charge on any atom is -0.388 e. The number of aliphatic hydroxyl groups is 1. The van der Waals surface area contributed by atoms with Gasteiger partial charge in [-0.3, -0.25) is 4.79 Å². The molecule has 0 aliphatic heterocycles. The molecule has 1 N–H and O–H groups in total. The molecule has 15 heavy (non-hydrogen) atoms. The normalized spacial score (nSPS) is 16.3. The van der Waals surface area contributed by atoms with Crippen LogP contribution in [0.2, 0.25) is 0 Å². The van der Waals surface area contributed by atoms with E-state index in [0.717, 1.165) is 31.5 Å². The molecule has 1 aliphatic carbocycles. The van der Waals surface area contributed by atoms with Crippen LogP contribution in [0.15, 0.2) is 0 Å². The van der Waals surface area contributed by atoms with Gasteiger partial charge in [-0.15, -0.1) is 0 Å². The number of imidazole rings is 1. The molecule has 4 heteroatoms. The molecule has 1 aromatic rings. The van der Waals surface area contributed by atoms with Crippen molar-refractivity contribution in [1.82, 2.24) is 9.55 Å². The lowest BCUT2D eigenvalue weighted by molar-refractivity contribution is 0.0977. The first kappa shape index (κ1) is 10.4. The van der Waals surface area contributed by atoms with Crippen molar-refractivity contribution in [2.75, 3.05) is 0 Å². The number of carbonyl (C=O) groups excluding carboxylic acids is 1. The monoisotopic (exact) mass is 208 g/mol. The van der Waals surface area contributed by atoms with Gasteiger partial charge in [-0.25, -0.2) is 4.98 Å². The molecule has 0 atom stereocenters. The van der Waals surface area contributed by atoms with Gasteiger partial charge in [0.15, 0.2) is 5.78 Å². The van der Waals surface area contributed by atoms with E-state index < -0.39 is 0 Å². The first-order valence-electron chi connectivity index (χ1n) is 5.50. The molecular weight excluding hydrogens is 192 g/mol. The van der Waals surface area contributed by atoms with Crippen molar-refractivity contribution < 1.29 is 9.90 Å². The highest BCUT2D eigenvalue weighted by atomic mass is 16.3. The van der Waals surface area contributed by atoms with Crippen LogP contribution in [0, 0.1) is 0 Å². The minimum absolute atomic E-state index is 0.0892. The van der Waals surface area contributed by atoms with E-state index in [9.17, 15) is 4.79 Å². The molecule has 0 radical (unpaired) electrons. The lowest BCUT2D eigenvalue weighted by atomic mass is 10.2. The van der Waals surface area contributed by atoms with Gasteiger partial charge in [-0.1, -0.05) is 0 Å². The number of rotatable bonds is 2. The average molecular weight is 208 g/mol.